The Balaban J connectivity index is 2.58. The lowest BCUT2D eigenvalue weighted by Gasteiger charge is -2.15. The molecule has 0 amide bonds. The molecule has 0 fully saturated rings. The first kappa shape index (κ1) is 17.7. The van der Waals surface area contributed by atoms with Gasteiger partial charge in [0, 0.05) is 6.42 Å². The van der Waals surface area contributed by atoms with Crippen LogP contribution in [0.15, 0.2) is 60.7 Å². The second-order valence-corrected chi connectivity index (χ2v) is 5.55. The van der Waals surface area contributed by atoms with Crippen LogP contribution in [0.3, 0.4) is 0 Å². The quantitative estimate of drug-likeness (QED) is 0.555. The van der Waals surface area contributed by atoms with E-state index in [1.807, 2.05) is 60.7 Å². The summed E-state index contributed by atoms with van der Waals surface area (Å²) in [6.07, 6.45) is 0.434. The summed E-state index contributed by atoms with van der Waals surface area (Å²) in [4.78, 5) is 23.9. The van der Waals surface area contributed by atoms with Crippen molar-refractivity contribution in [3.05, 3.63) is 71.8 Å². The number of carbonyl (C=O) groups excluding carboxylic acids is 2. The summed E-state index contributed by atoms with van der Waals surface area (Å²) in [7, 11) is 0. The first-order chi connectivity index (χ1) is 11.6. The van der Waals surface area contributed by atoms with Crippen molar-refractivity contribution >= 4 is 22.9 Å². The number of hydrogen-bond donors (Lipinski definition) is 0. The molecular weight excluding hydrogens is 300 g/mol. The third-order valence-electron chi connectivity index (χ3n) is 3.66. The van der Waals surface area contributed by atoms with Gasteiger partial charge in [-0.05, 0) is 36.1 Å². The minimum absolute atomic E-state index is 0.0612. The number of ether oxygens (including phenoxy) is 1. The Labute approximate surface area is 143 Å². The standard InChI is InChI=1S/C21H22O3/c1-3-24-21(23)15-20(18-12-8-5-9-13-18)19(14-16(2)22)17-10-6-4-7-11-17/h4-13H,3,14-15H2,1-2H3/b20-19+. The molecule has 24 heavy (non-hydrogen) atoms. The lowest BCUT2D eigenvalue weighted by atomic mass is 9.89. The van der Waals surface area contributed by atoms with Crippen LogP contribution in [0.2, 0.25) is 0 Å². The third-order valence-corrected chi connectivity index (χ3v) is 3.66. The van der Waals surface area contributed by atoms with Crippen LogP contribution in [0.25, 0.3) is 11.1 Å². The maximum absolute atomic E-state index is 12.1. The van der Waals surface area contributed by atoms with Gasteiger partial charge in [0.1, 0.15) is 5.78 Å². The number of carbonyl (C=O) groups is 2. The Bertz CT molecular complexity index is 715. The van der Waals surface area contributed by atoms with Crippen molar-refractivity contribution in [1.82, 2.24) is 0 Å². The van der Waals surface area contributed by atoms with Gasteiger partial charge in [0.25, 0.3) is 0 Å². The maximum atomic E-state index is 12.1. The van der Waals surface area contributed by atoms with Gasteiger partial charge in [0.05, 0.1) is 13.0 Å². The van der Waals surface area contributed by atoms with E-state index >= 15 is 0 Å². The molecule has 0 aliphatic heterocycles. The van der Waals surface area contributed by atoms with Gasteiger partial charge in [-0.1, -0.05) is 60.7 Å². The average Bonchev–Trinajstić information content (AvgIpc) is 2.59. The SMILES string of the molecule is CCOC(=O)C/C(=C(/CC(C)=O)c1ccccc1)c1ccccc1. The molecule has 0 radical (unpaired) electrons. The van der Waals surface area contributed by atoms with Gasteiger partial charge in [-0.2, -0.15) is 0 Å². The fourth-order valence-corrected chi connectivity index (χ4v) is 2.65. The van der Waals surface area contributed by atoms with Crippen LogP contribution in [0.4, 0.5) is 0 Å². The summed E-state index contributed by atoms with van der Waals surface area (Å²) in [6, 6.07) is 19.4. The molecule has 0 bridgehead atoms. The minimum Gasteiger partial charge on any atom is -0.466 e. The molecule has 124 valence electrons. The van der Waals surface area contributed by atoms with Gasteiger partial charge in [-0.3, -0.25) is 9.59 Å². The highest BCUT2D eigenvalue weighted by Gasteiger charge is 2.17. The van der Waals surface area contributed by atoms with Crippen LogP contribution < -0.4 is 0 Å². The van der Waals surface area contributed by atoms with Crippen LogP contribution in [-0.2, 0) is 14.3 Å². The predicted molar refractivity (Wildman–Crippen MR) is 96.2 cm³/mol. The van der Waals surface area contributed by atoms with E-state index in [1.54, 1.807) is 13.8 Å². The topological polar surface area (TPSA) is 43.4 Å². The van der Waals surface area contributed by atoms with Gasteiger partial charge in [-0.25, -0.2) is 0 Å². The molecule has 2 rings (SSSR count). The van der Waals surface area contributed by atoms with Crippen molar-refractivity contribution in [1.29, 1.82) is 0 Å². The average molecular weight is 322 g/mol. The Morgan fingerprint density at radius 1 is 0.792 bits per heavy atom. The summed E-state index contributed by atoms with van der Waals surface area (Å²) >= 11 is 0. The molecule has 0 spiro atoms. The van der Waals surface area contributed by atoms with Gasteiger partial charge >= 0.3 is 5.97 Å². The van der Waals surface area contributed by atoms with E-state index in [-0.39, 0.29) is 24.6 Å². The zero-order valence-electron chi connectivity index (χ0n) is 14.1. The molecule has 0 atom stereocenters. The fourth-order valence-electron chi connectivity index (χ4n) is 2.65. The molecule has 0 saturated carbocycles. The monoisotopic (exact) mass is 322 g/mol. The highest BCUT2D eigenvalue weighted by Crippen LogP contribution is 2.32. The number of allylic oxidation sites excluding steroid dienone is 1. The van der Waals surface area contributed by atoms with E-state index in [2.05, 4.69) is 0 Å². The number of esters is 1. The van der Waals surface area contributed by atoms with E-state index in [1.165, 1.54) is 0 Å². The molecule has 0 aliphatic rings. The maximum Gasteiger partial charge on any atom is 0.310 e. The smallest absolute Gasteiger partial charge is 0.310 e. The number of ketones is 1. The second-order valence-electron chi connectivity index (χ2n) is 5.55. The highest BCUT2D eigenvalue weighted by atomic mass is 16.5. The van der Waals surface area contributed by atoms with Crippen molar-refractivity contribution in [2.24, 2.45) is 0 Å². The van der Waals surface area contributed by atoms with Crippen molar-refractivity contribution in [2.75, 3.05) is 6.61 Å². The molecule has 3 nitrogen and oxygen atoms in total. The van der Waals surface area contributed by atoms with E-state index in [0.717, 1.165) is 22.3 Å². The molecule has 0 heterocycles. The molecule has 2 aromatic rings. The number of Topliss-reactive ketones (excluding diaryl/α,β-unsaturated/α-hetero) is 1. The largest absolute Gasteiger partial charge is 0.466 e. The third kappa shape index (κ3) is 4.92. The summed E-state index contributed by atoms with van der Waals surface area (Å²) in [5.74, 6) is -0.223. The molecule has 0 saturated heterocycles. The molecular formula is C21H22O3. The predicted octanol–water partition coefficient (Wildman–Crippen LogP) is 4.53. The number of hydrogen-bond acceptors (Lipinski definition) is 3. The minimum atomic E-state index is -0.284. The van der Waals surface area contributed by atoms with Gasteiger partial charge in [0.2, 0.25) is 0 Å². The summed E-state index contributed by atoms with van der Waals surface area (Å²) in [6.45, 7) is 3.70. The van der Waals surface area contributed by atoms with Crippen molar-refractivity contribution in [3.8, 4) is 0 Å². The zero-order valence-corrected chi connectivity index (χ0v) is 14.1. The molecule has 3 heteroatoms. The van der Waals surface area contributed by atoms with Crippen molar-refractivity contribution in [2.45, 2.75) is 26.7 Å². The fraction of sp³-hybridized carbons (Fsp3) is 0.238. The first-order valence-electron chi connectivity index (χ1n) is 8.09. The van der Waals surface area contributed by atoms with Crippen LogP contribution in [-0.4, -0.2) is 18.4 Å². The molecule has 0 unspecified atom stereocenters. The van der Waals surface area contributed by atoms with E-state index in [9.17, 15) is 9.59 Å². The number of benzene rings is 2. The van der Waals surface area contributed by atoms with E-state index in [4.69, 9.17) is 4.74 Å². The van der Waals surface area contributed by atoms with Gasteiger partial charge in [-0.15, -0.1) is 0 Å². The van der Waals surface area contributed by atoms with Gasteiger partial charge in [0.15, 0.2) is 0 Å². The van der Waals surface area contributed by atoms with Gasteiger partial charge < -0.3 is 4.74 Å². The second kappa shape index (κ2) is 8.82. The Hall–Kier alpha value is -2.68. The summed E-state index contributed by atoms with van der Waals surface area (Å²) in [5.41, 5.74) is 3.61. The Morgan fingerprint density at radius 2 is 1.25 bits per heavy atom. The Morgan fingerprint density at radius 3 is 1.67 bits per heavy atom. The lowest BCUT2D eigenvalue weighted by molar-refractivity contribution is -0.141. The molecule has 0 N–H and O–H groups in total. The molecule has 0 aromatic heterocycles. The lowest BCUT2D eigenvalue weighted by Crippen LogP contribution is -2.07. The van der Waals surface area contributed by atoms with E-state index < -0.39 is 0 Å². The highest BCUT2D eigenvalue weighted by molar-refractivity contribution is 6.03. The summed E-state index contributed by atoms with van der Waals surface area (Å²) in [5, 5.41) is 0. The van der Waals surface area contributed by atoms with Crippen LogP contribution in [0.5, 0.6) is 0 Å². The number of rotatable bonds is 7. The van der Waals surface area contributed by atoms with Crippen LogP contribution in [0.1, 0.15) is 37.8 Å². The van der Waals surface area contributed by atoms with Crippen LogP contribution in [0, 0.1) is 0 Å². The normalized spacial score (nSPS) is 11.6. The van der Waals surface area contributed by atoms with Crippen molar-refractivity contribution < 1.29 is 14.3 Å². The molecule has 2 aromatic carbocycles. The Kier molecular flexibility index (Phi) is 6.50. The summed E-state index contributed by atoms with van der Waals surface area (Å²) < 4.78 is 5.13. The zero-order chi connectivity index (χ0) is 17.4. The van der Waals surface area contributed by atoms with E-state index in [0.29, 0.717) is 6.61 Å². The molecule has 0 aliphatic carbocycles. The first-order valence-corrected chi connectivity index (χ1v) is 8.09. The van der Waals surface area contributed by atoms with Crippen LogP contribution >= 0.6 is 0 Å². The van der Waals surface area contributed by atoms with Crippen molar-refractivity contribution in [3.63, 3.8) is 0 Å².